The SMILES string of the molecule is CN(CC(C)(C)C)C(=O)C1CCNC1. The Morgan fingerprint density at radius 3 is 2.57 bits per heavy atom. The Morgan fingerprint density at radius 1 is 1.50 bits per heavy atom. The lowest BCUT2D eigenvalue weighted by molar-refractivity contribution is -0.134. The second-order valence-electron chi connectivity index (χ2n) is 5.44. The lowest BCUT2D eigenvalue weighted by atomic mass is 9.95. The minimum absolute atomic E-state index is 0.191. The normalized spacial score (nSPS) is 22.4. The van der Waals surface area contributed by atoms with Crippen molar-refractivity contribution in [2.75, 3.05) is 26.7 Å². The molecule has 1 unspecified atom stereocenters. The van der Waals surface area contributed by atoms with E-state index in [0.29, 0.717) is 5.91 Å². The summed E-state index contributed by atoms with van der Waals surface area (Å²) in [7, 11) is 1.91. The Bertz CT molecular complexity index is 202. The van der Waals surface area contributed by atoms with Gasteiger partial charge in [-0.1, -0.05) is 20.8 Å². The summed E-state index contributed by atoms with van der Waals surface area (Å²) in [6, 6.07) is 0. The van der Waals surface area contributed by atoms with E-state index < -0.39 is 0 Å². The molecule has 0 aromatic heterocycles. The molecule has 1 N–H and O–H groups in total. The summed E-state index contributed by atoms with van der Waals surface area (Å²) in [5, 5.41) is 3.22. The fourth-order valence-electron chi connectivity index (χ4n) is 1.97. The molecule has 14 heavy (non-hydrogen) atoms. The van der Waals surface area contributed by atoms with Crippen molar-refractivity contribution < 1.29 is 4.79 Å². The van der Waals surface area contributed by atoms with Crippen LogP contribution in [0, 0.1) is 11.3 Å². The molecule has 0 saturated carbocycles. The first-order valence-electron chi connectivity index (χ1n) is 5.36. The molecule has 1 rings (SSSR count). The number of nitrogens with one attached hydrogen (secondary N) is 1. The largest absolute Gasteiger partial charge is 0.345 e. The standard InChI is InChI=1S/C11H22N2O/c1-11(2,3)8-13(4)10(14)9-5-6-12-7-9/h9,12H,5-8H2,1-4H3. The first-order valence-corrected chi connectivity index (χ1v) is 5.36. The number of hydrogen-bond donors (Lipinski definition) is 1. The van der Waals surface area contributed by atoms with E-state index in [0.717, 1.165) is 26.1 Å². The topological polar surface area (TPSA) is 32.3 Å². The maximum atomic E-state index is 11.9. The van der Waals surface area contributed by atoms with E-state index in [1.165, 1.54) is 0 Å². The molecule has 82 valence electrons. The summed E-state index contributed by atoms with van der Waals surface area (Å²) in [6.07, 6.45) is 0.993. The van der Waals surface area contributed by atoms with Crippen molar-refractivity contribution in [2.24, 2.45) is 11.3 Å². The van der Waals surface area contributed by atoms with Gasteiger partial charge in [0.2, 0.25) is 5.91 Å². The Balaban J connectivity index is 2.43. The third kappa shape index (κ3) is 3.29. The summed E-state index contributed by atoms with van der Waals surface area (Å²) in [4.78, 5) is 13.8. The van der Waals surface area contributed by atoms with Crippen molar-refractivity contribution in [2.45, 2.75) is 27.2 Å². The van der Waals surface area contributed by atoms with Gasteiger partial charge >= 0.3 is 0 Å². The molecule has 0 spiro atoms. The Kier molecular flexibility index (Phi) is 3.53. The summed E-state index contributed by atoms with van der Waals surface area (Å²) >= 11 is 0. The molecule has 1 aliphatic heterocycles. The fourth-order valence-corrected chi connectivity index (χ4v) is 1.97. The van der Waals surface area contributed by atoms with Gasteiger partial charge in [-0.15, -0.1) is 0 Å². The maximum Gasteiger partial charge on any atom is 0.226 e. The monoisotopic (exact) mass is 198 g/mol. The number of carbonyl (C=O) groups is 1. The second-order valence-corrected chi connectivity index (χ2v) is 5.44. The van der Waals surface area contributed by atoms with Gasteiger partial charge in [-0.05, 0) is 18.4 Å². The zero-order valence-corrected chi connectivity index (χ0v) is 9.76. The van der Waals surface area contributed by atoms with E-state index in [2.05, 4.69) is 26.1 Å². The van der Waals surface area contributed by atoms with E-state index in [9.17, 15) is 4.79 Å². The average Bonchev–Trinajstić information content (AvgIpc) is 2.51. The maximum absolute atomic E-state index is 11.9. The molecule has 1 atom stereocenters. The van der Waals surface area contributed by atoms with Gasteiger partial charge in [0.05, 0.1) is 5.92 Å². The summed E-state index contributed by atoms with van der Waals surface area (Å²) in [5.74, 6) is 0.507. The summed E-state index contributed by atoms with van der Waals surface area (Å²) in [6.45, 7) is 9.15. The van der Waals surface area contributed by atoms with E-state index in [-0.39, 0.29) is 11.3 Å². The highest BCUT2D eigenvalue weighted by atomic mass is 16.2. The summed E-state index contributed by atoms with van der Waals surface area (Å²) in [5.41, 5.74) is 0.191. The van der Waals surface area contributed by atoms with Crippen molar-refractivity contribution >= 4 is 5.91 Å². The summed E-state index contributed by atoms with van der Waals surface area (Å²) < 4.78 is 0. The smallest absolute Gasteiger partial charge is 0.226 e. The quantitative estimate of drug-likeness (QED) is 0.720. The molecule has 1 saturated heterocycles. The second kappa shape index (κ2) is 4.30. The van der Waals surface area contributed by atoms with Crippen LogP contribution in [0.5, 0.6) is 0 Å². The molecular formula is C11H22N2O. The highest BCUT2D eigenvalue weighted by Gasteiger charge is 2.27. The van der Waals surface area contributed by atoms with Gasteiger partial charge in [0.15, 0.2) is 0 Å². The molecule has 1 fully saturated rings. The Morgan fingerprint density at radius 2 is 2.14 bits per heavy atom. The van der Waals surface area contributed by atoms with Crippen LogP contribution >= 0.6 is 0 Å². The molecule has 0 aromatic rings. The first kappa shape index (κ1) is 11.5. The fraction of sp³-hybridized carbons (Fsp3) is 0.909. The Hall–Kier alpha value is -0.570. The number of carbonyl (C=O) groups excluding carboxylic acids is 1. The van der Waals surface area contributed by atoms with Crippen molar-refractivity contribution in [3.8, 4) is 0 Å². The van der Waals surface area contributed by atoms with Gasteiger partial charge < -0.3 is 10.2 Å². The predicted octanol–water partition coefficient (Wildman–Crippen LogP) is 1.10. The third-order valence-corrected chi connectivity index (χ3v) is 2.50. The lowest BCUT2D eigenvalue weighted by Crippen LogP contribution is -2.39. The van der Waals surface area contributed by atoms with Crippen LogP contribution in [0.1, 0.15) is 27.2 Å². The van der Waals surface area contributed by atoms with Crippen LogP contribution in [-0.4, -0.2) is 37.5 Å². The molecule has 1 aliphatic rings. The minimum Gasteiger partial charge on any atom is -0.345 e. The molecule has 0 aliphatic carbocycles. The van der Waals surface area contributed by atoms with Crippen molar-refractivity contribution in [1.29, 1.82) is 0 Å². The van der Waals surface area contributed by atoms with Gasteiger partial charge in [-0.2, -0.15) is 0 Å². The Labute approximate surface area is 86.9 Å². The van der Waals surface area contributed by atoms with Crippen molar-refractivity contribution in [3.63, 3.8) is 0 Å². The van der Waals surface area contributed by atoms with Crippen LogP contribution in [0.4, 0.5) is 0 Å². The molecule has 1 amide bonds. The van der Waals surface area contributed by atoms with Gasteiger partial charge in [0.1, 0.15) is 0 Å². The van der Waals surface area contributed by atoms with Crippen LogP contribution in [0.25, 0.3) is 0 Å². The highest BCUT2D eigenvalue weighted by molar-refractivity contribution is 5.79. The molecule has 0 radical (unpaired) electrons. The third-order valence-electron chi connectivity index (χ3n) is 2.50. The zero-order valence-electron chi connectivity index (χ0n) is 9.76. The van der Waals surface area contributed by atoms with E-state index >= 15 is 0 Å². The van der Waals surface area contributed by atoms with Gasteiger partial charge in [0.25, 0.3) is 0 Å². The van der Waals surface area contributed by atoms with Crippen LogP contribution in [0.2, 0.25) is 0 Å². The molecule has 0 aromatic carbocycles. The molecule has 1 heterocycles. The number of nitrogens with zero attached hydrogens (tertiary/aromatic N) is 1. The average molecular weight is 198 g/mol. The van der Waals surface area contributed by atoms with E-state index in [1.54, 1.807) is 0 Å². The molecule has 3 nitrogen and oxygen atoms in total. The van der Waals surface area contributed by atoms with Crippen LogP contribution in [-0.2, 0) is 4.79 Å². The van der Waals surface area contributed by atoms with Crippen molar-refractivity contribution in [3.05, 3.63) is 0 Å². The minimum atomic E-state index is 0.191. The molecule has 3 heteroatoms. The predicted molar refractivity (Wildman–Crippen MR) is 58.1 cm³/mol. The van der Waals surface area contributed by atoms with Gasteiger partial charge in [-0.3, -0.25) is 4.79 Å². The van der Waals surface area contributed by atoms with Gasteiger partial charge in [0, 0.05) is 20.1 Å². The van der Waals surface area contributed by atoms with Crippen LogP contribution < -0.4 is 5.32 Å². The van der Waals surface area contributed by atoms with E-state index in [4.69, 9.17) is 0 Å². The number of amides is 1. The zero-order chi connectivity index (χ0) is 10.8. The van der Waals surface area contributed by atoms with Crippen LogP contribution in [0.3, 0.4) is 0 Å². The first-order chi connectivity index (χ1) is 6.40. The highest BCUT2D eigenvalue weighted by Crippen LogP contribution is 2.17. The van der Waals surface area contributed by atoms with Crippen LogP contribution in [0.15, 0.2) is 0 Å². The van der Waals surface area contributed by atoms with Crippen molar-refractivity contribution in [1.82, 2.24) is 10.2 Å². The number of hydrogen-bond acceptors (Lipinski definition) is 2. The molecule has 0 bridgehead atoms. The molecular weight excluding hydrogens is 176 g/mol. The van der Waals surface area contributed by atoms with Gasteiger partial charge in [-0.25, -0.2) is 0 Å². The number of rotatable bonds is 2. The van der Waals surface area contributed by atoms with E-state index in [1.807, 2.05) is 11.9 Å². The lowest BCUT2D eigenvalue weighted by Gasteiger charge is -2.28.